The third-order valence-electron chi connectivity index (χ3n) is 5.10. The number of halogens is 5. The van der Waals surface area contributed by atoms with E-state index in [4.69, 9.17) is 16.3 Å². The molecule has 1 N–H and O–H groups in total. The molecule has 0 amide bonds. The lowest BCUT2D eigenvalue weighted by Gasteiger charge is -2.39. The van der Waals surface area contributed by atoms with Crippen LogP contribution in [0.4, 0.5) is 13.2 Å². The number of likely N-dealkylation sites (tertiary alicyclic amines) is 1. The Kier molecular flexibility index (Phi) is 9.22. The van der Waals surface area contributed by atoms with E-state index < -0.39 is 11.7 Å². The minimum absolute atomic E-state index is 0. The van der Waals surface area contributed by atoms with E-state index >= 15 is 0 Å². The molecule has 1 saturated heterocycles. The number of piperidine rings is 1. The number of aromatic nitrogens is 3. The number of guanidine groups is 1. The SMILES string of the molecule is CN=C(NCCOc1ncc(C(F)(F)F)cc1Cl)N1CCC(C)C(n2ccnc2)C1.I. The fourth-order valence-electron chi connectivity index (χ4n) is 3.42. The molecule has 2 unspecified atom stereocenters. The van der Waals surface area contributed by atoms with Crippen LogP contribution in [0.5, 0.6) is 5.88 Å². The summed E-state index contributed by atoms with van der Waals surface area (Å²) < 4.78 is 45.6. The van der Waals surface area contributed by atoms with Crippen LogP contribution in [0.3, 0.4) is 0 Å². The van der Waals surface area contributed by atoms with Crippen molar-refractivity contribution in [2.75, 3.05) is 33.3 Å². The van der Waals surface area contributed by atoms with Crippen LogP contribution in [-0.4, -0.2) is 58.7 Å². The second kappa shape index (κ2) is 11.2. The maximum Gasteiger partial charge on any atom is 0.417 e. The van der Waals surface area contributed by atoms with Crippen molar-refractivity contribution in [2.24, 2.45) is 10.9 Å². The highest BCUT2D eigenvalue weighted by Crippen LogP contribution is 2.33. The molecule has 2 aromatic rings. The molecule has 1 fully saturated rings. The lowest BCUT2D eigenvalue weighted by Crippen LogP contribution is -2.49. The molecule has 0 aliphatic carbocycles. The summed E-state index contributed by atoms with van der Waals surface area (Å²) in [7, 11) is 1.71. The van der Waals surface area contributed by atoms with Gasteiger partial charge in [0.05, 0.1) is 24.5 Å². The lowest BCUT2D eigenvalue weighted by atomic mass is 9.93. The van der Waals surface area contributed by atoms with Gasteiger partial charge in [0.15, 0.2) is 5.96 Å². The van der Waals surface area contributed by atoms with Crippen LogP contribution in [0, 0.1) is 5.92 Å². The number of ether oxygens (including phenoxy) is 1. The molecule has 0 spiro atoms. The Labute approximate surface area is 201 Å². The van der Waals surface area contributed by atoms with Gasteiger partial charge in [-0.2, -0.15) is 13.2 Å². The van der Waals surface area contributed by atoms with Crippen LogP contribution in [-0.2, 0) is 6.18 Å². The highest BCUT2D eigenvalue weighted by Gasteiger charge is 2.32. The average Bonchev–Trinajstić information content (AvgIpc) is 3.23. The van der Waals surface area contributed by atoms with E-state index in [9.17, 15) is 13.2 Å². The molecule has 1 aliphatic rings. The summed E-state index contributed by atoms with van der Waals surface area (Å²) in [5.74, 6) is 1.22. The summed E-state index contributed by atoms with van der Waals surface area (Å²) in [6.45, 7) is 4.47. The minimum Gasteiger partial charge on any atom is -0.475 e. The van der Waals surface area contributed by atoms with Crippen molar-refractivity contribution >= 4 is 41.5 Å². The molecule has 31 heavy (non-hydrogen) atoms. The lowest BCUT2D eigenvalue weighted by molar-refractivity contribution is -0.137. The zero-order valence-electron chi connectivity index (χ0n) is 17.1. The zero-order chi connectivity index (χ0) is 21.7. The Morgan fingerprint density at radius 3 is 2.81 bits per heavy atom. The normalized spacial score (nSPS) is 19.7. The first-order chi connectivity index (χ1) is 14.3. The molecule has 2 atom stereocenters. The average molecular weight is 573 g/mol. The Morgan fingerprint density at radius 1 is 1.42 bits per heavy atom. The molecule has 0 bridgehead atoms. The maximum atomic E-state index is 12.7. The van der Waals surface area contributed by atoms with Gasteiger partial charge in [0.1, 0.15) is 11.6 Å². The van der Waals surface area contributed by atoms with Crippen LogP contribution in [0.15, 0.2) is 36.0 Å². The van der Waals surface area contributed by atoms with Gasteiger partial charge in [0.2, 0.25) is 5.88 Å². The molecular formula is C19H25ClF3IN6O. The van der Waals surface area contributed by atoms with E-state index in [-0.39, 0.29) is 41.5 Å². The van der Waals surface area contributed by atoms with Crippen LogP contribution in [0.25, 0.3) is 0 Å². The van der Waals surface area contributed by atoms with E-state index in [0.717, 1.165) is 31.5 Å². The van der Waals surface area contributed by atoms with E-state index in [1.165, 1.54) is 0 Å². The van der Waals surface area contributed by atoms with Gasteiger partial charge in [-0.3, -0.25) is 4.99 Å². The molecule has 0 saturated carbocycles. The Balaban J connectivity index is 0.00000341. The number of aliphatic imine (C=N–C) groups is 1. The van der Waals surface area contributed by atoms with Crippen LogP contribution in [0.1, 0.15) is 24.9 Å². The van der Waals surface area contributed by atoms with Gasteiger partial charge in [-0.05, 0) is 18.4 Å². The van der Waals surface area contributed by atoms with E-state index in [1.807, 2.05) is 12.5 Å². The van der Waals surface area contributed by atoms with Gasteiger partial charge in [-0.15, -0.1) is 24.0 Å². The number of imidazole rings is 1. The quantitative estimate of drug-likeness (QED) is 0.253. The van der Waals surface area contributed by atoms with Crippen LogP contribution >= 0.6 is 35.6 Å². The fraction of sp³-hybridized carbons (Fsp3) is 0.526. The predicted molar refractivity (Wildman–Crippen MR) is 123 cm³/mol. The van der Waals surface area contributed by atoms with Crippen molar-refractivity contribution in [2.45, 2.75) is 25.6 Å². The number of hydrogen-bond donors (Lipinski definition) is 1. The second-order valence-corrected chi connectivity index (χ2v) is 7.53. The summed E-state index contributed by atoms with van der Waals surface area (Å²) in [4.78, 5) is 14.3. The minimum atomic E-state index is -4.50. The van der Waals surface area contributed by atoms with E-state index in [1.54, 1.807) is 13.2 Å². The highest BCUT2D eigenvalue weighted by molar-refractivity contribution is 14.0. The number of nitrogens with zero attached hydrogens (tertiary/aromatic N) is 5. The molecule has 7 nitrogen and oxygen atoms in total. The van der Waals surface area contributed by atoms with Gasteiger partial charge in [-0.25, -0.2) is 9.97 Å². The Hall–Kier alpha value is -1.76. The Bertz CT molecular complexity index is 865. The summed E-state index contributed by atoms with van der Waals surface area (Å²) in [5, 5.41) is 3.04. The summed E-state index contributed by atoms with van der Waals surface area (Å²) in [5.41, 5.74) is -0.912. The number of pyridine rings is 1. The molecule has 1 aliphatic heterocycles. The fourth-order valence-corrected chi connectivity index (χ4v) is 3.65. The van der Waals surface area contributed by atoms with Crippen molar-refractivity contribution in [3.63, 3.8) is 0 Å². The first-order valence-electron chi connectivity index (χ1n) is 9.58. The maximum absolute atomic E-state index is 12.7. The second-order valence-electron chi connectivity index (χ2n) is 7.12. The van der Waals surface area contributed by atoms with E-state index in [2.05, 4.69) is 36.7 Å². The van der Waals surface area contributed by atoms with Crippen LogP contribution in [0.2, 0.25) is 5.02 Å². The van der Waals surface area contributed by atoms with Crippen molar-refractivity contribution < 1.29 is 17.9 Å². The van der Waals surface area contributed by atoms with Crippen LogP contribution < -0.4 is 10.1 Å². The Morgan fingerprint density at radius 2 is 2.19 bits per heavy atom. The smallest absolute Gasteiger partial charge is 0.417 e. The third kappa shape index (κ3) is 6.61. The number of alkyl halides is 3. The molecule has 172 valence electrons. The van der Waals surface area contributed by atoms with Gasteiger partial charge in [-0.1, -0.05) is 18.5 Å². The molecular weight excluding hydrogens is 548 g/mol. The highest BCUT2D eigenvalue weighted by atomic mass is 127. The zero-order valence-corrected chi connectivity index (χ0v) is 20.2. The van der Waals surface area contributed by atoms with Crippen molar-refractivity contribution in [3.05, 3.63) is 41.6 Å². The number of rotatable bonds is 5. The number of hydrogen-bond acceptors (Lipinski definition) is 4. The van der Waals surface area contributed by atoms with Crippen molar-refractivity contribution in [1.82, 2.24) is 24.8 Å². The first kappa shape index (κ1) is 25.5. The third-order valence-corrected chi connectivity index (χ3v) is 5.37. The molecule has 2 aromatic heterocycles. The van der Waals surface area contributed by atoms with E-state index in [0.29, 0.717) is 24.7 Å². The molecule has 3 heterocycles. The van der Waals surface area contributed by atoms with Gasteiger partial charge >= 0.3 is 6.18 Å². The van der Waals surface area contributed by atoms with Crippen molar-refractivity contribution in [3.8, 4) is 5.88 Å². The van der Waals surface area contributed by atoms with Gasteiger partial charge in [0, 0.05) is 38.7 Å². The van der Waals surface area contributed by atoms with Gasteiger partial charge < -0.3 is 19.5 Å². The summed E-state index contributed by atoms with van der Waals surface area (Å²) in [6.07, 6.45) is 2.80. The molecule has 12 heteroatoms. The monoisotopic (exact) mass is 572 g/mol. The summed E-state index contributed by atoms with van der Waals surface area (Å²) in [6, 6.07) is 1.10. The largest absolute Gasteiger partial charge is 0.475 e. The van der Waals surface area contributed by atoms with Gasteiger partial charge in [0.25, 0.3) is 0 Å². The molecule has 3 rings (SSSR count). The predicted octanol–water partition coefficient (Wildman–Crippen LogP) is 4.11. The number of nitrogens with one attached hydrogen (secondary N) is 1. The topological polar surface area (TPSA) is 67.6 Å². The molecule has 0 aromatic carbocycles. The summed E-state index contributed by atoms with van der Waals surface area (Å²) >= 11 is 5.86. The first-order valence-corrected chi connectivity index (χ1v) is 9.96. The standard InChI is InChI=1S/C19H24ClF3N6O.HI/c1-13-3-6-28(11-16(13)29-7-4-25-12-29)18(24-2)26-5-8-30-17-15(20)9-14(10-27-17)19(21,22)23;/h4,7,9-10,12-13,16H,3,5-6,8,11H2,1-2H3,(H,24,26);1H. The molecule has 0 radical (unpaired) electrons. The van der Waals surface area contributed by atoms with Crippen molar-refractivity contribution in [1.29, 1.82) is 0 Å².